The van der Waals surface area contributed by atoms with Crippen molar-refractivity contribution >= 4 is 22.5 Å². The maximum Gasteiger partial charge on any atom is 0.151 e. The number of anilines is 1. The van der Waals surface area contributed by atoms with Crippen LogP contribution in [0.5, 0.6) is 0 Å². The third kappa shape index (κ3) is 7.04. The lowest BCUT2D eigenvalue weighted by atomic mass is 10.0. The molecule has 4 bridgehead atoms. The molecule has 1 fully saturated rings. The molecule has 7 rings (SSSR count). The topological polar surface area (TPSA) is 76.3 Å². The average Bonchev–Trinajstić information content (AvgIpc) is 3.83. The number of aromatic nitrogens is 5. The van der Waals surface area contributed by atoms with E-state index in [2.05, 4.69) is 44.8 Å². The van der Waals surface area contributed by atoms with Gasteiger partial charge < -0.3 is 24.4 Å². The van der Waals surface area contributed by atoms with Crippen molar-refractivity contribution in [1.82, 2.24) is 34.1 Å². The number of nitrogens with zero attached hydrogens (tertiary/aromatic N) is 7. The summed E-state index contributed by atoms with van der Waals surface area (Å²) < 4.78 is 53.4. The Labute approximate surface area is 308 Å². The van der Waals surface area contributed by atoms with Gasteiger partial charge in [0.1, 0.15) is 29.0 Å². The summed E-state index contributed by atoms with van der Waals surface area (Å²) in [6, 6.07) is 12.3. The van der Waals surface area contributed by atoms with Crippen molar-refractivity contribution in [1.29, 1.82) is 0 Å². The summed E-state index contributed by atoms with van der Waals surface area (Å²) in [5, 5.41) is 8.35. The minimum atomic E-state index is -0.678. The predicted octanol–water partition coefficient (Wildman–Crippen LogP) is 7.99. The van der Waals surface area contributed by atoms with Gasteiger partial charge in [-0.25, -0.2) is 27.8 Å². The molecule has 2 aromatic carbocycles. The number of imidazole rings is 1. The number of likely N-dealkylation sites (N-methyl/N-ethyl adjacent to an activating group) is 1. The van der Waals surface area contributed by atoms with Crippen molar-refractivity contribution in [3.05, 3.63) is 108 Å². The number of methoxy groups -OCH3 is 1. The van der Waals surface area contributed by atoms with Crippen molar-refractivity contribution in [2.24, 2.45) is 5.92 Å². The van der Waals surface area contributed by atoms with E-state index in [0.29, 0.717) is 55.1 Å². The fourth-order valence-corrected chi connectivity index (χ4v) is 7.98. The van der Waals surface area contributed by atoms with Crippen LogP contribution < -0.4 is 5.32 Å². The van der Waals surface area contributed by atoms with E-state index in [1.165, 1.54) is 18.2 Å². The quantitative estimate of drug-likeness (QED) is 0.163. The highest BCUT2D eigenvalue weighted by Crippen LogP contribution is 2.38. The van der Waals surface area contributed by atoms with Crippen LogP contribution in [-0.2, 0) is 17.7 Å². The summed E-state index contributed by atoms with van der Waals surface area (Å²) in [4.78, 5) is 14.5. The second kappa shape index (κ2) is 15.1. The molecule has 0 radical (unpaired) electrons. The minimum absolute atomic E-state index is 0.0270. The highest BCUT2D eigenvalue weighted by atomic mass is 19.1. The second-order valence-corrected chi connectivity index (χ2v) is 14.1. The Bertz CT molecular complexity index is 2170. The second-order valence-electron chi connectivity index (χ2n) is 14.1. The largest absolute Gasteiger partial charge is 0.384 e. The number of fused-ring (bicyclic) bond motifs is 5. The van der Waals surface area contributed by atoms with Gasteiger partial charge in [0.25, 0.3) is 0 Å². The number of pyridine rings is 1. The molecule has 3 aromatic heterocycles. The van der Waals surface area contributed by atoms with Crippen molar-refractivity contribution in [2.75, 3.05) is 39.2 Å². The van der Waals surface area contributed by atoms with Gasteiger partial charge in [0.15, 0.2) is 5.82 Å². The van der Waals surface area contributed by atoms with Gasteiger partial charge in [-0.3, -0.25) is 0 Å². The molecule has 278 valence electrons. The highest BCUT2D eigenvalue weighted by Gasteiger charge is 2.38. The molecule has 1 saturated heterocycles. The molecule has 0 spiro atoms. The van der Waals surface area contributed by atoms with Crippen LogP contribution in [0.15, 0.2) is 73.1 Å². The van der Waals surface area contributed by atoms with Gasteiger partial charge in [-0.1, -0.05) is 32.6 Å². The third-order valence-electron chi connectivity index (χ3n) is 10.7. The number of ether oxygens (including phenoxy) is 1. The Morgan fingerprint density at radius 1 is 1.04 bits per heavy atom. The predicted molar refractivity (Wildman–Crippen MR) is 203 cm³/mol. The number of likely N-dealkylation sites (tertiary alicyclic amines) is 1. The standard InChI is InChI=1S/C41H47F3N8O/c1-7-27-22-49(5)25(3)39-20-30(47-40-13-9-11-34(48-40)31-17-29(43)19-35-41(31)50(23-27)26(4)46-35)24-51(39)37(12-10-16-53-6)32-21-45-52(36(32)8-2)38-15-14-28(42)18-33(38)44/h9,11-15,17-19,21,27,30,39H,3,7-8,10,16,20,22-24H2,1-2,4-6H3,(H,47,48)/b37-12+. The molecule has 0 amide bonds. The van der Waals surface area contributed by atoms with Crippen LogP contribution in [0.2, 0.25) is 0 Å². The van der Waals surface area contributed by atoms with Gasteiger partial charge in [-0.15, -0.1) is 0 Å². The first-order chi connectivity index (χ1) is 25.6. The number of hydrogen-bond donors (Lipinski definition) is 1. The van der Waals surface area contributed by atoms with Crippen LogP contribution in [0.4, 0.5) is 19.0 Å². The molecule has 2 aliphatic rings. The summed E-state index contributed by atoms with van der Waals surface area (Å²) in [6.07, 6.45) is 6.80. The molecule has 5 aromatic rings. The van der Waals surface area contributed by atoms with Gasteiger partial charge >= 0.3 is 0 Å². The fourth-order valence-electron chi connectivity index (χ4n) is 7.98. The molecule has 3 unspecified atom stereocenters. The summed E-state index contributed by atoms with van der Waals surface area (Å²) in [7, 11) is 3.78. The molecular formula is C41H47F3N8O. The SMILES string of the molecule is C=C1C2CC(CN2/C(=C/CCOC)c2cnn(-c3ccc(F)cc3F)c2CC)Nc2cccc(n2)-c2cc(F)cc3nc(C)n(c23)CC(CC)CN1C. The Balaban J connectivity index is 1.33. The lowest BCUT2D eigenvalue weighted by Crippen LogP contribution is -2.38. The van der Waals surface area contributed by atoms with Crippen LogP contribution in [0.3, 0.4) is 0 Å². The zero-order chi connectivity index (χ0) is 37.4. The summed E-state index contributed by atoms with van der Waals surface area (Å²) in [5.74, 6) is 0.0899. The first-order valence-electron chi connectivity index (χ1n) is 18.4. The van der Waals surface area contributed by atoms with E-state index >= 15 is 8.78 Å². The number of aryl methyl sites for hydroxylation is 1. The first kappa shape index (κ1) is 36.3. The molecule has 0 saturated carbocycles. The Kier molecular flexibility index (Phi) is 10.3. The molecule has 5 heterocycles. The maximum atomic E-state index is 15.1. The van der Waals surface area contributed by atoms with Crippen LogP contribution in [0.25, 0.3) is 33.7 Å². The van der Waals surface area contributed by atoms with E-state index in [-0.39, 0.29) is 29.5 Å². The van der Waals surface area contributed by atoms with Crippen LogP contribution in [-0.4, -0.2) is 80.1 Å². The summed E-state index contributed by atoms with van der Waals surface area (Å²) >= 11 is 0. The fraction of sp³-hybridized carbons (Fsp3) is 0.390. The molecule has 0 aliphatic carbocycles. The van der Waals surface area contributed by atoms with E-state index in [0.717, 1.165) is 59.4 Å². The van der Waals surface area contributed by atoms with Gasteiger partial charge in [0, 0.05) is 81.1 Å². The molecular weight excluding hydrogens is 677 g/mol. The number of halogens is 3. The Hall–Kier alpha value is -5.10. The van der Waals surface area contributed by atoms with Crippen molar-refractivity contribution < 1.29 is 17.9 Å². The molecule has 2 aliphatic heterocycles. The molecule has 12 heteroatoms. The van der Waals surface area contributed by atoms with Crippen LogP contribution in [0, 0.1) is 30.3 Å². The highest BCUT2D eigenvalue weighted by molar-refractivity contribution is 5.92. The minimum Gasteiger partial charge on any atom is -0.384 e. The van der Waals surface area contributed by atoms with E-state index in [1.807, 2.05) is 32.0 Å². The van der Waals surface area contributed by atoms with Gasteiger partial charge in [0.05, 0.1) is 34.7 Å². The summed E-state index contributed by atoms with van der Waals surface area (Å²) in [5.41, 5.74) is 6.68. The normalized spacial score (nSPS) is 19.4. The number of nitrogens with one attached hydrogen (secondary N) is 1. The molecule has 9 nitrogen and oxygen atoms in total. The zero-order valence-corrected chi connectivity index (χ0v) is 31.0. The number of benzene rings is 2. The monoisotopic (exact) mass is 724 g/mol. The smallest absolute Gasteiger partial charge is 0.151 e. The van der Waals surface area contributed by atoms with Crippen LogP contribution in [0.1, 0.15) is 50.2 Å². The van der Waals surface area contributed by atoms with Crippen molar-refractivity contribution in [3.63, 3.8) is 0 Å². The lowest BCUT2D eigenvalue weighted by Gasteiger charge is -2.36. The molecule has 3 atom stereocenters. The number of rotatable bonds is 8. The van der Waals surface area contributed by atoms with E-state index in [1.54, 1.807) is 24.1 Å². The first-order valence-corrected chi connectivity index (χ1v) is 18.4. The Morgan fingerprint density at radius 3 is 2.62 bits per heavy atom. The van der Waals surface area contributed by atoms with E-state index in [9.17, 15) is 4.39 Å². The van der Waals surface area contributed by atoms with E-state index < -0.39 is 11.6 Å². The number of hydrogen-bond acceptors (Lipinski definition) is 7. The van der Waals surface area contributed by atoms with E-state index in [4.69, 9.17) is 21.3 Å². The maximum absolute atomic E-state index is 15.1. The molecule has 1 N–H and O–H groups in total. The molecule has 53 heavy (non-hydrogen) atoms. The van der Waals surface area contributed by atoms with Gasteiger partial charge in [-0.05, 0) is 68.9 Å². The van der Waals surface area contributed by atoms with Gasteiger partial charge in [0.2, 0.25) is 0 Å². The average molecular weight is 725 g/mol. The lowest BCUT2D eigenvalue weighted by molar-refractivity contribution is 0.204. The van der Waals surface area contributed by atoms with Crippen LogP contribution >= 0.6 is 0 Å². The van der Waals surface area contributed by atoms with Crippen molar-refractivity contribution in [3.8, 4) is 16.9 Å². The van der Waals surface area contributed by atoms with Gasteiger partial charge in [-0.2, -0.15) is 5.10 Å². The zero-order valence-electron chi connectivity index (χ0n) is 31.0. The van der Waals surface area contributed by atoms with Crippen molar-refractivity contribution in [2.45, 2.75) is 65.1 Å². The third-order valence-corrected chi connectivity index (χ3v) is 10.7. The Morgan fingerprint density at radius 2 is 1.87 bits per heavy atom. The summed E-state index contributed by atoms with van der Waals surface area (Å²) in [6.45, 7) is 13.5.